The van der Waals surface area contributed by atoms with E-state index in [2.05, 4.69) is 5.32 Å². The SMILES string of the molecule is NC(=O)c1cc(-c2ccccc2)nc2c1Cc1cc(C(=O)N3CC4CCC(C3)N4)ccc1-2. The van der Waals surface area contributed by atoms with Crippen LogP contribution < -0.4 is 11.1 Å². The predicted octanol–water partition coefficient (Wildman–Crippen LogP) is 3.00. The lowest BCUT2D eigenvalue weighted by Gasteiger charge is -2.33. The van der Waals surface area contributed by atoms with Crippen LogP contribution in [0.1, 0.15) is 44.7 Å². The second kappa shape index (κ2) is 7.28. The molecule has 0 saturated carbocycles. The fourth-order valence-electron chi connectivity index (χ4n) is 5.39. The first kappa shape index (κ1) is 19.2. The molecule has 3 aliphatic rings. The first-order valence-electron chi connectivity index (χ1n) is 11.1. The van der Waals surface area contributed by atoms with Crippen LogP contribution in [0, 0.1) is 0 Å². The molecule has 2 aliphatic heterocycles. The highest BCUT2D eigenvalue weighted by Crippen LogP contribution is 2.39. The highest BCUT2D eigenvalue weighted by molar-refractivity contribution is 6.00. The summed E-state index contributed by atoms with van der Waals surface area (Å²) < 4.78 is 0. The molecule has 2 bridgehead atoms. The molecule has 1 aliphatic carbocycles. The Balaban J connectivity index is 1.37. The molecule has 32 heavy (non-hydrogen) atoms. The van der Waals surface area contributed by atoms with Gasteiger partial charge in [-0.3, -0.25) is 9.59 Å². The molecule has 6 heteroatoms. The van der Waals surface area contributed by atoms with Crippen LogP contribution in [0.25, 0.3) is 22.5 Å². The van der Waals surface area contributed by atoms with Gasteiger partial charge >= 0.3 is 0 Å². The van der Waals surface area contributed by atoms with E-state index in [0.29, 0.717) is 29.6 Å². The van der Waals surface area contributed by atoms with Crippen molar-refractivity contribution in [2.75, 3.05) is 13.1 Å². The average molecular weight is 425 g/mol. The third-order valence-corrected chi connectivity index (χ3v) is 6.94. The normalized spacial score (nSPS) is 20.7. The number of nitrogens with two attached hydrogens (primary N) is 1. The summed E-state index contributed by atoms with van der Waals surface area (Å²) >= 11 is 0. The Hall–Kier alpha value is -3.51. The Morgan fingerprint density at radius 2 is 1.75 bits per heavy atom. The summed E-state index contributed by atoms with van der Waals surface area (Å²) in [6.07, 6.45) is 2.83. The molecule has 0 spiro atoms. The third kappa shape index (κ3) is 3.10. The number of nitrogens with zero attached hydrogens (tertiary/aromatic N) is 2. The minimum atomic E-state index is -0.457. The number of amides is 2. The van der Waals surface area contributed by atoms with Gasteiger partial charge in [0.25, 0.3) is 5.91 Å². The number of pyridine rings is 1. The van der Waals surface area contributed by atoms with Crippen LogP contribution in [-0.4, -0.2) is 46.9 Å². The van der Waals surface area contributed by atoms with E-state index in [1.165, 1.54) is 0 Å². The molecular weight excluding hydrogens is 400 g/mol. The number of benzene rings is 2. The van der Waals surface area contributed by atoms with Gasteiger partial charge < -0.3 is 16.0 Å². The Morgan fingerprint density at radius 3 is 2.47 bits per heavy atom. The van der Waals surface area contributed by atoms with Crippen molar-refractivity contribution < 1.29 is 9.59 Å². The zero-order valence-electron chi connectivity index (χ0n) is 17.7. The molecule has 2 unspecified atom stereocenters. The zero-order chi connectivity index (χ0) is 21.8. The molecule has 2 atom stereocenters. The Kier molecular flexibility index (Phi) is 4.36. The maximum atomic E-state index is 13.2. The van der Waals surface area contributed by atoms with Gasteiger partial charge in [-0.15, -0.1) is 0 Å². The molecule has 3 N–H and O–H groups in total. The number of piperazine rings is 1. The molecule has 6 nitrogen and oxygen atoms in total. The van der Waals surface area contributed by atoms with Crippen molar-refractivity contribution in [3.8, 4) is 22.5 Å². The van der Waals surface area contributed by atoms with Crippen LogP contribution >= 0.6 is 0 Å². The van der Waals surface area contributed by atoms with E-state index in [0.717, 1.165) is 59.6 Å². The molecule has 0 radical (unpaired) electrons. The van der Waals surface area contributed by atoms with Crippen molar-refractivity contribution in [2.24, 2.45) is 5.73 Å². The number of fused-ring (bicyclic) bond motifs is 5. The number of primary amides is 1. The number of carbonyl (C=O) groups is 2. The fourth-order valence-corrected chi connectivity index (χ4v) is 5.39. The number of carbonyl (C=O) groups excluding carboxylic acids is 2. The zero-order valence-corrected chi connectivity index (χ0v) is 17.7. The maximum Gasteiger partial charge on any atom is 0.253 e. The predicted molar refractivity (Wildman–Crippen MR) is 122 cm³/mol. The monoisotopic (exact) mass is 424 g/mol. The van der Waals surface area contributed by atoms with Gasteiger partial charge in [0, 0.05) is 53.8 Å². The lowest BCUT2D eigenvalue weighted by molar-refractivity contribution is 0.0697. The van der Waals surface area contributed by atoms with Gasteiger partial charge in [-0.1, -0.05) is 36.4 Å². The van der Waals surface area contributed by atoms with Crippen molar-refractivity contribution >= 4 is 11.8 Å². The van der Waals surface area contributed by atoms with Gasteiger partial charge in [0.05, 0.1) is 11.4 Å². The van der Waals surface area contributed by atoms with E-state index in [9.17, 15) is 9.59 Å². The lowest BCUT2D eigenvalue weighted by Crippen LogP contribution is -2.53. The number of likely N-dealkylation sites (tertiary alicyclic amines) is 1. The van der Waals surface area contributed by atoms with Crippen LogP contribution in [0.3, 0.4) is 0 Å². The Bertz CT molecular complexity index is 1240. The minimum Gasteiger partial charge on any atom is -0.366 e. The average Bonchev–Trinajstić information content (AvgIpc) is 3.36. The summed E-state index contributed by atoms with van der Waals surface area (Å²) in [6.45, 7) is 1.53. The van der Waals surface area contributed by atoms with E-state index in [1.54, 1.807) is 6.07 Å². The highest BCUT2D eigenvalue weighted by Gasteiger charge is 2.35. The summed E-state index contributed by atoms with van der Waals surface area (Å²) in [7, 11) is 0. The first-order chi connectivity index (χ1) is 15.6. The van der Waals surface area contributed by atoms with E-state index in [4.69, 9.17) is 10.7 Å². The van der Waals surface area contributed by atoms with Gasteiger partial charge in [-0.25, -0.2) is 4.98 Å². The molecule has 160 valence electrons. The van der Waals surface area contributed by atoms with Gasteiger partial charge in [-0.2, -0.15) is 0 Å². The van der Waals surface area contributed by atoms with Crippen LogP contribution in [0.5, 0.6) is 0 Å². The molecule has 2 fully saturated rings. The summed E-state index contributed by atoms with van der Waals surface area (Å²) in [6, 6.07) is 18.2. The first-order valence-corrected chi connectivity index (χ1v) is 11.1. The summed E-state index contributed by atoms with van der Waals surface area (Å²) in [4.78, 5) is 32.4. The molecule has 3 heterocycles. The number of hydrogen-bond donors (Lipinski definition) is 2. The molecule has 6 rings (SSSR count). The van der Waals surface area contributed by atoms with E-state index >= 15 is 0 Å². The third-order valence-electron chi connectivity index (χ3n) is 6.94. The van der Waals surface area contributed by atoms with E-state index in [-0.39, 0.29) is 5.91 Å². The molecule has 3 aromatic rings. The van der Waals surface area contributed by atoms with Crippen LogP contribution in [0.4, 0.5) is 0 Å². The van der Waals surface area contributed by atoms with Gasteiger partial charge in [0.15, 0.2) is 0 Å². The molecule has 2 amide bonds. The van der Waals surface area contributed by atoms with Crippen molar-refractivity contribution in [3.05, 3.63) is 76.9 Å². The van der Waals surface area contributed by atoms with Crippen molar-refractivity contribution in [3.63, 3.8) is 0 Å². The maximum absolute atomic E-state index is 13.2. The Morgan fingerprint density at radius 1 is 1.00 bits per heavy atom. The van der Waals surface area contributed by atoms with Gasteiger partial charge in [0.2, 0.25) is 5.91 Å². The fraction of sp³-hybridized carbons (Fsp3) is 0.269. The highest BCUT2D eigenvalue weighted by atomic mass is 16.2. The van der Waals surface area contributed by atoms with E-state index < -0.39 is 5.91 Å². The van der Waals surface area contributed by atoms with Crippen LogP contribution in [0.2, 0.25) is 0 Å². The topological polar surface area (TPSA) is 88.3 Å². The summed E-state index contributed by atoms with van der Waals surface area (Å²) in [5, 5.41) is 3.57. The molecular formula is C26H24N4O2. The number of nitrogens with one attached hydrogen (secondary N) is 1. The second-order valence-electron chi connectivity index (χ2n) is 9.01. The standard InChI is InChI=1S/C26H24N4O2/c27-25(31)22-12-23(15-4-2-1-3-5-15)29-24-20-9-6-16(10-17(20)11-21(22)24)26(32)30-13-18-7-8-19(14-30)28-18/h1-6,9-10,12,18-19,28H,7-8,11,13-14H2,(H2,27,31). The minimum absolute atomic E-state index is 0.0789. The summed E-state index contributed by atoms with van der Waals surface area (Å²) in [5.41, 5.74) is 12.2. The van der Waals surface area contributed by atoms with Crippen LogP contribution in [0.15, 0.2) is 54.6 Å². The second-order valence-corrected chi connectivity index (χ2v) is 9.01. The largest absolute Gasteiger partial charge is 0.366 e. The summed E-state index contributed by atoms with van der Waals surface area (Å²) in [5.74, 6) is -0.378. The quantitative estimate of drug-likeness (QED) is 0.529. The smallest absolute Gasteiger partial charge is 0.253 e. The van der Waals surface area contributed by atoms with E-state index in [1.807, 2.05) is 53.4 Å². The van der Waals surface area contributed by atoms with Gasteiger partial charge in [-0.05, 0) is 42.2 Å². The molecule has 2 saturated heterocycles. The van der Waals surface area contributed by atoms with Crippen molar-refractivity contribution in [1.29, 1.82) is 0 Å². The molecule has 2 aromatic carbocycles. The Labute approximate surface area is 186 Å². The van der Waals surface area contributed by atoms with Crippen LogP contribution in [-0.2, 0) is 6.42 Å². The number of rotatable bonds is 3. The van der Waals surface area contributed by atoms with Gasteiger partial charge in [0.1, 0.15) is 0 Å². The number of aromatic nitrogens is 1. The lowest BCUT2D eigenvalue weighted by atomic mass is 10.0. The number of hydrogen-bond acceptors (Lipinski definition) is 4. The van der Waals surface area contributed by atoms with Crippen molar-refractivity contribution in [1.82, 2.24) is 15.2 Å². The molecule has 1 aromatic heterocycles. The van der Waals surface area contributed by atoms with Crippen molar-refractivity contribution in [2.45, 2.75) is 31.3 Å².